The van der Waals surface area contributed by atoms with E-state index in [-0.39, 0.29) is 6.61 Å². The highest BCUT2D eigenvalue weighted by molar-refractivity contribution is 4.82. The Hall–Kier alpha value is -1.48. The van der Waals surface area contributed by atoms with Crippen molar-refractivity contribution in [2.45, 2.75) is 0 Å². The molecule has 0 bridgehead atoms. The van der Waals surface area contributed by atoms with E-state index < -0.39 is 0 Å². The lowest BCUT2D eigenvalue weighted by molar-refractivity contribution is -0.711. The average molecular weight is 184 g/mol. The van der Waals surface area contributed by atoms with Gasteiger partial charge in [0.2, 0.25) is 5.28 Å². The summed E-state index contributed by atoms with van der Waals surface area (Å²) in [6.45, 7) is 2.84. The molecule has 0 spiro atoms. The molecule has 0 saturated carbocycles. The second-order valence-corrected chi connectivity index (χ2v) is 2.52. The third-order valence-corrected chi connectivity index (χ3v) is 1.61. The van der Waals surface area contributed by atoms with Gasteiger partial charge in [-0.1, -0.05) is 5.92 Å². The number of piperazine rings is 1. The first kappa shape index (κ1) is 9.61. The van der Waals surface area contributed by atoms with Crippen LogP contribution in [-0.2, 0) is 4.84 Å². The van der Waals surface area contributed by atoms with Crippen LogP contribution in [0.2, 0.25) is 0 Å². The van der Waals surface area contributed by atoms with Crippen molar-refractivity contribution >= 4 is 0 Å². The molecule has 1 heterocycles. The van der Waals surface area contributed by atoms with Crippen LogP contribution >= 0.6 is 0 Å². The Bertz CT molecular complexity index is 217. The third-order valence-electron chi connectivity index (χ3n) is 1.61. The van der Waals surface area contributed by atoms with Gasteiger partial charge in [0, 0.05) is 13.1 Å². The maximum atomic E-state index is 11.1. The van der Waals surface area contributed by atoms with Gasteiger partial charge in [-0.05, 0) is 0 Å². The number of rotatable bonds is 3. The highest BCUT2D eigenvalue weighted by atomic mass is 16.7. The Kier molecular flexibility index (Phi) is 3.85. The number of hydrogen-bond acceptors (Lipinski definition) is 4. The summed E-state index contributed by atoms with van der Waals surface area (Å²) in [6, 6.07) is 0. The van der Waals surface area contributed by atoms with E-state index in [0.29, 0.717) is 18.1 Å². The minimum absolute atomic E-state index is 0.0187. The third kappa shape index (κ3) is 3.17. The highest BCUT2D eigenvalue weighted by Gasteiger charge is 2.15. The van der Waals surface area contributed by atoms with Gasteiger partial charge in [-0.2, -0.15) is 0 Å². The lowest BCUT2D eigenvalue weighted by Gasteiger charge is -2.22. The maximum Gasteiger partial charge on any atom is 0.234 e. The van der Waals surface area contributed by atoms with Crippen molar-refractivity contribution in [1.29, 1.82) is 0 Å². The standard InChI is InChI=1S/C7H12N4O2/c1-2-7-13-9-11(12)10-5-3-8-4-6-10/h1,8H,3-7H2/b11-9-. The summed E-state index contributed by atoms with van der Waals surface area (Å²) >= 11 is 0. The number of nitrogens with one attached hydrogen (secondary N) is 1. The van der Waals surface area contributed by atoms with Gasteiger partial charge in [0.1, 0.15) is 0 Å². The van der Waals surface area contributed by atoms with E-state index in [1.54, 1.807) is 0 Å². The molecule has 0 aromatic rings. The van der Waals surface area contributed by atoms with Crippen LogP contribution in [0.15, 0.2) is 5.28 Å². The minimum Gasteiger partial charge on any atom is -0.569 e. The molecule has 1 aliphatic heterocycles. The Morgan fingerprint density at radius 1 is 1.62 bits per heavy atom. The van der Waals surface area contributed by atoms with Gasteiger partial charge in [-0.3, -0.25) is 0 Å². The molecule has 0 aromatic carbocycles. The largest absolute Gasteiger partial charge is 0.569 e. The fourth-order valence-electron chi connectivity index (χ4n) is 0.991. The zero-order chi connectivity index (χ0) is 9.52. The van der Waals surface area contributed by atoms with Crippen LogP contribution in [0.4, 0.5) is 0 Å². The molecular formula is C7H12N4O2. The molecule has 1 aliphatic rings. The van der Waals surface area contributed by atoms with Gasteiger partial charge in [-0.15, -0.1) is 11.4 Å². The molecule has 13 heavy (non-hydrogen) atoms. The summed E-state index contributed by atoms with van der Waals surface area (Å²) in [5, 5.41) is 19.0. The SMILES string of the molecule is C#CCO/N=[N+](\[O-])N1CCNCC1. The van der Waals surface area contributed by atoms with Gasteiger partial charge in [0.25, 0.3) is 0 Å². The van der Waals surface area contributed by atoms with Gasteiger partial charge >= 0.3 is 0 Å². The topological polar surface area (TPSA) is 62.9 Å². The smallest absolute Gasteiger partial charge is 0.234 e. The van der Waals surface area contributed by atoms with E-state index in [2.05, 4.69) is 21.4 Å². The van der Waals surface area contributed by atoms with Crippen LogP contribution in [-0.4, -0.2) is 42.8 Å². The minimum atomic E-state index is 0.0187. The first-order valence-electron chi connectivity index (χ1n) is 4.04. The van der Waals surface area contributed by atoms with E-state index in [1.165, 1.54) is 5.01 Å². The Labute approximate surface area is 76.7 Å². The lowest BCUT2D eigenvalue weighted by atomic mass is 10.4. The first-order valence-corrected chi connectivity index (χ1v) is 4.04. The van der Waals surface area contributed by atoms with Gasteiger partial charge < -0.3 is 15.4 Å². The second-order valence-electron chi connectivity index (χ2n) is 2.52. The van der Waals surface area contributed by atoms with Gasteiger partial charge in [0.05, 0.1) is 18.1 Å². The normalized spacial score (nSPS) is 18.1. The first-order chi connectivity index (χ1) is 6.34. The van der Waals surface area contributed by atoms with Crippen LogP contribution in [0.3, 0.4) is 0 Å². The zero-order valence-corrected chi connectivity index (χ0v) is 7.27. The quantitative estimate of drug-likeness (QED) is 0.208. The van der Waals surface area contributed by atoms with E-state index in [4.69, 9.17) is 6.42 Å². The molecule has 72 valence electrons. The van der Waals surface area contributed by atoms with Crippen molar-refractivity contribution in [1.82, 2.24) is 10.3 Å². The molecule has 6 nitrogen and oxygen atoms in total. The molecule has 0 amide bonds. The summed E-state index contributed by atoms with van der Waals surface area (Å²) in [7, 11) is 0. The maximum absolute atomic E-state index is 11.1. The molecule has 1 N–H and O–H groups in total. The molecule has 0 unspecified atom stereocenters. The predicted molar refractivity (Wildman–Crippen MR) is 45.3 cm³/mol. The van der Waals surface area contributed by atoms with E-state index in [0.717, 1.165) is 13.1 Å². The van der Waals surface area contributed by atoms with E-state index in [1.807, 2.05) is 0 Å². The summed E-state index contributed by atoms with van der Waals surface area (Å²) < 4.78 is 0. The van der Waals surface area contributed by atoms with Crippen LogP contribution in [0.25, 0.3) is 0 Å². The van der Waals surface area contributed by atoms with Crippen molar-refractivity contribution in [2.24, 2.45) is 5.28 Å². The summed E-state index contributed by atoms with van der Waals surface area (Å²) in [5.41, 5.74) is 0. The number of nitrogens with zero attached hydrogens (tertiary/aromatic N) is 3. The van der Waals surface area contributed by atoms with Crippen molar-refractivity contribution in [3.63, 3.8) is 0 Å². The number of hydrogen-bond donors (Lipinski definition) is 1. The highest BCUT2D eigenvalue weighted by Crippen LogP contribution is 1.93. The fraction of sp³-hybridized carbons (Fsp3) is 0.714. The predicted octanol–water partition coefficient (Wildman–Crippen LogP) is -0.666. The molecule has 1 rings (SSSR count). The molecule has 0 aromatic heterocycles. The molecule has 0 aliphatic carbocycles. The van der Waals surface area contributed by atoms with Crippen LogP contribution in [0.5, 0.6) is 0 Å². The molecule has 6 heteroatoms. The summed E-state index contributed by atoms with van der Waals surface area (Å²) in [5.74, 6) is 2.21. The second kappa shape index (κ2) is 5.22. The van der Waals surface area contributed by atoms with Crippen molar-refractivity contribution in [3.05, 3.63) is 5.21 Å². The van der Waals surface area contributed by atoms with Crippen molar-refractivity contribution in [3.8, 4) is 12.3 Å². The van der Waals surface area contributed by atoms with Crippen molar-refractivity contribution < 1.29 is 9.81 Å². The molecule has 0 atom stereocenters. The summed E-state index contributed by atoms with van der Waals surface area (Å²) in [6.07, 6.45) is 4.91. The zero-order valence-electron chi connectivity index (χ0n) is 7.27. The lowest BCUT2D eigenvalue weighted by Crippen LogP contribution is -2.46. The summed E-state index contributed by atoms with van der Waals surface area (Å²) in [4.78, 5) is 4.98. The molecule has 1 fully saturated rings. The van der Waals surface area contributed by atoms with Gasteiger partial charge in [0.15, 0.2) is 6.61 Å². The Morgan fingerprint density at radius 3 is 2.92 bits per heavy atom. The molecule has 0 radical (unpaired) electrons. The van der Waals surface area contributed by atoms with Gasteiger partial charge in [-0.25, -0.2) is 0 Å². The van der Waals surface area contributed by atoms with Crippen molar-refractivity contribution in [2.75, 3.05) is 32.8 Å². The van der Waals surface area contributed by atoms with E-state index in [9.17, 15) is 5.21 Å². The van der Waals surface area contributed by atoms with Crippen LogP contribution < -0.4 is 5.32 Å². The monoisotopic (exact) mass is 184 g/mol. The van der Waals surface area contributed by atoms with Crippen LogP contribution in [0, 0.1) is 17.6 Å². The Balaban J connectivity index is 2.32. The van der Waals surface area contributed by atoms with Crippen LogP contribution in [0.1, 0.15) is 0 Å². The number of hydrazine groups is 1. The fourth-order valence-corrected chi connectivity index (χ4v) is 0.991. The Morgan fingerprint density at radius 2 is 2.31 bits per heavy atom. The average Bonchev–Trinajstić information content (AvgIpc) is 2.19. The molecule has 1 saturated heterocycles. The molecular weight excluding hydrogens is 172 g/mol. The van der Waals surface area contributed by atoms with E-state index >= 15 is 0 Å². The number of terminal acetylenes is 1.